The second kappa shape index (κ2) is 11.9. The van der Waals surface area contributed by atoms with Crippen LogP contribution in [0.15, 0.2) is 42.5 Å². The lowest BCUT2D eigenvalue weighted by Gasteiger charge is -2.32. The van der Waals surface area contributed by atoms with Crippen molar-refractivity contribution in [2.75, 3.05) is 40.0 Å². The Morgan fingerprint density at radius 3 is 2.71 bits per heavy atom. The maximum Gasteiger partial charge on any atom is 0.251 e. The van der Waals surface area contributed by atoms with Crippen molar-refractivity contribution in [3.05, 3.63) is 58.6 Å². The van der Waals surface area contributed by atoms with Crippen molar-refractivity contribution >= 4 is 17.5 Å². The van der Waals surface area contributed by atoms with Crippen molar-refractivity contribution in [1.82, 2.24) is 10.2 Å². The Bertz CT molecular complexity index is 853. The van der Waals surface area contributed by atoms with Crippen LogP contribution in [0.5, 0.6) is 11.5 Å². The summed E-state index contributed by atoms with van der Waals surface area (Å²) in [5.41, 5.74) is 1.77. The van der Waals surface area contributed by atoms with E-state index in [9.17, 15) is 4.79 Å². The largest absolute Gasteiger partial charge is 0.494 e. The quantitative estimate of drug-likeness (QED) is 0.555. The third-order valence-electron chi connectivity index (χ3n) is 5.23. The van der Waals surface area contributed by atoms with Gasteiger partial charge >= 0.3 is 0 Å². The van der Waals surface area contributed by atoms with E-state index in [2.05, 4.69) is 22.3 Å². The molecular formula is C24H31ClN2O4. The lowest BCUT2D eigenvalue weighted by Crippen LogP contribution is -2.37. The predicted octanol–water partition coefficient (Wildman–Crippen LogP) is 4.16. The number of benzene rings is 2. The molecule has 0 aliphatic carbocycles. The van der Waals surface area contributed by atoms with E-state index in [-0.39, 0.29) is 12.0 Å². The first-order chi connectivity index (χ1) is 15.1. The monoisotopic (exact) mass is 446 g/mol. The lowest BCUT2D eigenvalue weighted by atomic mass is 10.1. The summed E-state index contributed by atoms with van der Waals surface area (Å²) < 4.78 is 16.7. The van der Waals surface area contributed by atoms with Crippen LogP contribution in [0.2, 0.25) is 5.02 Å². The van der Waals surface area contributed by atoms with Crippen molar-refractivity contribution in [3.63, 3.8) is 0 Å². The van der Waals surface area contributed by atoms with Gasteiger partial charge in [-0.15, -0.1) is 0 Å². The molecule has 0 atom stereocenters. The smallest absolute Gasteiger partial charge is 0.251 e. The van der Waals surface area contributed by atoms with Crippen LogP contribution in [-0.2, 0) is 11.3 Å². The summed E-state index contributed by atoms with van der Waals surface area (Å²) in [6.07, 6.45) is 1.98. The van der Waals surface area contributed by atoms with Crippen LogP contribution in [0.1, 0.15) is 35.7 Å². The Labute approximate surface area is 189 Å². The molecule has 1 N–H and O–H groups in total. The number of hydrogen-bond acceptors (Lipinski definition) is 5. The normalized spacial score (nSPS) is 14.9. The molecule has 1 heterocycles. The maximum absolute atomic E-state index is 12.1. The number of nitrogens with zero attached hydrogens (tertiary/aromatic N) is 1. The van der Waals surface area contributed by atoms with Gasteiger partial charge in [-0.2, -0.15) is 0 Å². The average molecular weight is 447 g/mol. The zero-order valence-corrected chi connectivity index (χ0v) is 19.0. The maximum atomic E-state index is 12.1. The van der Waals surface area contributed by atoms with Gasteiger partial charge in [0.15, 0.2) is 0 Å². The van der Waals surface area contributed by atoms with E-state index < -0.39 is 0 Å². The van der Waals surface area contributed by atoms with Crippen LogP contribution >= 0.6 is 11.6 Å². The third kappa shape index (κ3) is 7.13. The number of amides is 1. The molecule has 0 aromatic heterocycles. The Hall–Kier alpha value is -2.28. The van der Waals surface area contributed by atoms with Crippen LogP contribution in [0.3, 0.4) is 0 Å². The van der Waals surface area contributed by atoms with Crippen molar-refractivity contribution in [2.45, 2.75) is 32.4 Å². The molecular weight excluding hydrogens is 416 g/mol. The van der Waals surface area contributed by atoms with Crippen LogP contribution in [-0.4, -0.2) is 56.9 Å². The summed E-state index contributed by atoms with van der Waals surface area (Å²) in [7, 11) is 1.60. The van der Waals surface area contributed by atoms with E-state index in [0.717, 1.165) is 38.2 Å². The van der Waals surface area contributed by atoms with E-state index in [1.165, 1.54) is 5.56 Å². The average Bonchev–Trinajstić information content (AvgIpc) is 2.77. The number of rotatable bonds is 10. The number of hydrogen-bond donors (Lipinski definition) is 1. The Balaban J connectivity index is 1.48. The van der Waals surface area contributed by atoms with Gasteiger partial charge in [0.25, 0.3) is 5.91 Å². The third-order valence-corrected chi connectivity index (χ3v) is 5.53. The Morgan fingerprint density at radius 2 is 2.00 bits per heavy atom. The molecule has 0 saturated carbocycles. The van der Waals surface area contributed by atoms with Crippen LogP contribution in [0.25, 0.3) is 0 Å². The van der Waals surface area contributed by atoms with Crippen LogP contribution in [0, 0.1) is 0 Å². The van der Waals surface area contributed by atoms with E-state index in [4.69, 9.17) is 25.8 Å². The van der Waals surface area contributed by atoms with Gasteiger partial charge in [-0.25, -0.2) is 0 Å². The molecule has 31 heavy (non-hydrogen) atoms. The van der Waals surface area contributed by atoms with Crippen molar-refractivity contribution in [3.8, 4) is 11.5 Å². The van der Waals surface area contributed by atoms with Crippen molar-refractivity contribution < 1.29 is 19.0 Å². The zero-order chi connectivity index (χ0) is 22.1. The number of ether oxygens (including phenoxy) is 3. The molecule has 7 heteroatoms. The van der Waals surface area contributed by atoms with Gasteiger partial charge in [-0.3, -0.25) is 9.69 Å². The summed E-state index contributed by atoms with van der Waals surface area (Å²) in [4.78, 5) is 14.6. The van der Waals surface area contributed by atoms with E-state index >= 15 is 0 Å². The van der Waals surface area contributed by atoms with Gasteiger partial charge in [0, 0.05) is 38.9 Å². The summed E-state index contributed by atoms with van der Waals surface area (Å²) in [5.74, 6) is 1.37. The molecule has 3 rings (SSSR count). The zero-order valence-electron chi connectivity index (χ0n) is 18.2. The molecule has 2 aromatic carbocycles. The fourth-order valence-corrected chi connectivity index (χ4v) is 3.85. The SMILES string of the molecule is CCOc1cccc(CN2CCC(Oc3ccc(C(=O)NCCOC)cc3Cl)CC2)c1. The van der Waals surface area contributed by atoms with Gasteiger partial charge < -0.3 is 19.5 Å². The number of carbonyl (C=O) groups excluding carboxylic acids is 1. The highest BCUT2D eigenvalue weighted by Gasteiger charge is 2.22. The molecule has 1 amide bonds. The molecule has 6 nitrogen and oxygen atoms in total. The first kappa shape index (κ1) is 23.4. The van der Waals surface area contributed by atoms with Gasteiger partial charge in [0.2, 0.25) is 0 Å². The minimum atomic E-state index is -0.174. The number of likely N-dealkylation sites (tertiary alicyclic amines) is 1. The molecule has 1 aliphatic heterocycles. The fraction of sp³-hybridized carbons (Fsp3) is 0.458. The summed E-state index contributed by atoms with van der Waals surface area (Å²) in [6.45, 7) is 6.42. The van der Waals surface area contributed by atoms with Gasteiger partial charge in [-0.1, -0.05) is 23.7 Å². The van der Waals surface area contributed by atoms with Crippen LogP contribution in [0.4, 0.5) is 0 Å². The molecule has 1 fully saturated rings. The molecule has 0 bridgehead atoms. The molecule has 168 valence electrons. The minimum absolute atomic E-state index is 0.116. The molecule has 1 saturated heterocycles. The molecule has 1 aliphatic rings. The highest BCUT2D eigenvalue weighted by molar-refractivity contribution is 6.32. The van der Waals surface area contributed by atoms with Crippen molar-refractivity contribution in [2.24, 2.45) is 0 Å². The second-order valence-corrected chi connectivity index (χ2v) is 7.97. The second-order valence-electron chi connectivity index (χ2n) is 7.57. The van der Waals surface area contributed by atoms with Gasteiger partial charge in [0.05, 0.1) is 18.2 Å². The van der Waals surface area contributed by atoms with Gasteiger partial charge in [-0.05, 0) is 55.7 Å². The number of piperidine rings is 1. The van der Waals surface area contributed by atoms with Crippen molar-refractivity contribution in [1.29, 1.82) is 0 Å². The predicted molar refractivity (Wildman–Crippen MR) is 122 cm³/mol. The van der Waals surface area contributed by atoms with E-state index in [1.807, 2.05) is 19.1 Å². The fourth-order valence-electron chi connectivity index (χ4n) is 3.63. The highest BCUT2D eigenvalue weighted by Crippen LogP contribution is 2.29. The highest BCUT2D eigenvalue weighted by atomic mass is 35.5. The first-order valence-corrected chi connectivity index (χ1v) is 11.1. The van der Waals surface area contributed by atoms with E-state index in [1.54, 1.807) is 25.3 Å². The number of carbonyl (C=O) groups is 1. The Kier molecular flexibility index (Phi) is 9.00. The molecule has 0 radical (unpaired) electrons. The number of methoxy groups -OCH3 is 1. The molecule has 2 aromatic rings. The van der Waals surface area contributed by atoms with E-state index in [0.29, 0.717) is 36.1 Å². The number of nitrogens with one attached hydrogen (secondary N) is 1. The Morgan fingerprint density at radius 1 is 1.19 bits per heavy atom. The summed E-state index contributed by atoms with van der Waals surface area (Å²) in [6, 6.07) is 13.4. The topological polar surface area (TPSA) is 60.0 Å². The lowest BCUT2D eigenvalue weighted by molar-refractivity contribution is 0.0935. The minimum Gasteiger partial charge on any atom is -0.494 e. The van der Waals surface area contributed by atoms with Crippen LogP contribution < -0.4 is 14.8 Å². The van der Waals surface area contributed by atoms with Gasteiger partial charge in [0.1, 0.15) is 17.6 Å². The standard InChI is InChI=1S/C24H31ClN2O4/c1-3-30-21-6-4-5-18(15-21)17-27-12-9-20(10-13-27)31-23-8-7-19(16-22(23)25)24(28)26-11-14-29-2/h4-8,15-16,20H,3,9-14,17H2,1-2H3,(H,26,28). The number of halogens is 1. The first-order valence-electron chi connectivity index (χ1n) is 10.8. The summed E-state index contributed by atoms with van der Waals surface area (Å²) >= 11 is 6.38. The molecule has 0 spiro atoms. The molecule has 0 unspecified atom stereocenters. The summed E-state index contributed by atoms with van der Waals surface area (Å²) in [5, 5.41) is 3.24.